The average molecular weight is 322 g/mol. The smallest absolute Gasteiger partial charge is 0.263 e. The van der Waals surface area contributed by atoms with Crippen LogP contribution >= 0.6 is 11.6 Å². The van der Waals surface area contributed by atoms with Crippen molar-refractivity contribution in [2.24, 2.45) is 0 Å². The van der Waals surface area contributed by atoms with Gasteiger partial charge in [0.25, 0.3) is 5.91 Å². The molecule has 0 atom stereocenters. The summed E-state index contributed by atoms with van der Waals surface area (Å²) in [6.07, 6.45) is 3.28. The fourth-order valence-electron chi connectivity index (χ4n) is 2.38. The van der Waals surface area contributed by atoms with Crippen LogP contribution in [0.15, 0.2) is 24.3 Å². The lowest BCUT2D eigenvalue weighted by molar-refractivity contribution is -0.137. The molecule has 7 nitrogen and oxygen atoms in total. The largest absolute Gasteiger partial charge is 0.384 e. The van der Waals surface area contributed by atoms with Crippen LogP contribution in [-0.2, 0) is 4.79 Å². The van der Waals surface area contributed by atoms with Gasteiger partial charge in [-0.2, -0.15) is 0 Å². The Morgan fingerprint density at radius 2 is 1.91 bits per heavy atom. The van der Waals surface area contributed by atoms with Crippen molar-refractivity contribution in [3.05, 3.63) is 29.3 Å². The van der Waals surface area contributed by atoms with E-state index in [9.17, 15) is 4.79 Å². The summed E-state index contributed by atoms with van der Waals surface area (Å²) in [7, 11) is 0. The standard InChI is InChI=1S/C14H16ClN5O2/c15-12-6-4-11(5-7-12)14-16-17-18-20(14)22-10-13(21)19-8-2-1-3-9-19/h4-7H,1-3,8-10H2. The molecule has 1 fully saturated rings. The first kappa shape index (κ1) is 14.8. The summed E-state index contributed by atoms with van der Waals surface area (Å²) in [6, 6.07) is 7.07. The molecule has 116 valence electrons. The maximum Gasteiger partial charge on any atom is 0.263 e. The molecular formula is C14H16ClN5O2. The van der Waals surface area contributed by atoms with Gasteiger partial charge in [0.2, 0.25) is 5.82 Å². The van der Waals surface area contributed by atoms with Crippen molar-refractivity contribution >= 4 is 17.5 Å². The Labute approximate surface area is 132 Å². The van der Waals surface area contributed by atoms with E-state index in [4.69, 9.17) is 16.4 Å². The predicted molar refractivity (Wildman–Crippen MR) is 80.1 cm³/mol. The highest BCUT2D eigenvalue weighted by atomic mass is 35.5. The first-order chi connectivity index (χ1) is 10.7. The number of piperidine rings is 1. The minimum absolute atomic E-state index is 0.0442. The van der Waals surface area contributed by atoms with Crippen LogP contribution < -0.4 is 4.84 Å². The van der Waals surface area contributed by atoms with E-state index >= 15 is 0 Å². The van der Waals surface area contributed by atoms with Crippen LogP contribution in [0.25, 0.3) is 11.4 Å². The number of halogens is 1. The van der Waals surface area contributed by atoms with Crippen LogP contribution in [0.1, 0.15) is 19.3 Å². The quantitative estimate of drug-likeness (QED) is 0.852. The van der Waals surface area contributed by atoms with E-state index in [2.05, 4.69) is 15.5 Å². The zero-order chi connectivity index (χ0) is 15.4. The minimum Gasteiger partial charge on any atom is -0.384 e. The summed E-state index contributed by atoms with van der Waals surface area (Å²) in [6.45, 7) is 1.51. The minimum atomic E-state index is -0.0777. The van der Waals surface area contributed by atoms with Gasteiger partial charge in [-0.15, -0.1) is 5.10 Å². The van der Waals surface area contributed by atoms with Gasteiger partial charge in [0, 0.05) is 23.7 Å². The molecule has 1 aromatic heterocycles. The molecule has 1 aliphatic heterocycles. The molecule has 22 heavy (non-hydrogen) atoms. The maximum absolute atomic E-state index is 12.1. The molecule has 2 aromatic rings. The number of benzene rings is 1. The number of carbonyl (C=O) groups is 1. The summed E-state index contributed by atoms with van der Waals surface area (Å²) >= 11 is 5.86. The number of tetrazole rings is 1. The van der Waals surface area contributed by atoms with E-state index in [-0.39, 0.29) is 12.5 Å². The Hall–Kier alpha value is -2.15. The van der Waals surface area contributed by atoms with Gasteiger partial charge in [-0.05, 0) is 54.0 Å². The summed E-state index contributed by atoms with van der Waals surface area (Å²) in [5, 5.41) is 11.9. The molecule has 0 saturated carbocycles. The molecule has 2 heterocycles. The molecule has 0 radical (unpaired) electrons. The highest BCUT2D eigenvalue weighted by Gasteiger charge is 2.18. The molecular weight excluding hydrogens is 306 g/mol. The van der Waals surface area contributed by atoms with E-state index in [1.807, 2.05) is 4.90 Å². The summed E-state index contributed by atoms with van der Waals surface area (Å²) in [5.74, 6) is 0.389. The van der Waals surface area contributed by atoms with E-state index < -0.39 is 0 Å². The van der Waals surface area contributed by atoms with E-state index in [1.54, 1.807) is 24.3 Å². The Bertz CT molecular complexity index is 637. The van der Waals surface area contributed by atoms with Gasteiger partial charge in [-0.25, -0.2) is 0 Å². The second kappa shape index (κ2) is 6.74. The van der Waals surface area contributed by atoms with Crippen molar-refractivity contribution in [2.45, 2.75) is 19.3 Å². The van der Waals surface area contributed by atoms with Crippen LogP contribution in [-0.4, -0.2) is 50.9 Å². The zero-order valence-electron chi connectivity index (χ0n) is 12.0. The number of rotatable bonds is 4. The van der Waals surface area contributed by atoms with E-state index in [1.165, 1.54) is 11.3 Å². The molecule has 1 saturated heterocycles. The van der Waals surface area contributed by atoms with Crippen LogP contribution in [0, 0.1) is 0 Å². The Kier molecular flexibility index (Phi) is 4.53. The average Bonchev–Trinajstić information content (AvgIpc) is 3.02. The molecule has 0 bridgehead atoms. The van der Waals surface area contributed by atoms with Gasteiger partial charge in [0.05, 0.1) is 0 Å². The number of carbonyl (C=O) groups excluding carboxylic acids is 1. The lowest BCUT2D eigenvalue weighted by atomic mass is 10.1. The molecule has 0 aliphatic carbocycles. The highest BCUT2D eigenvalue weighted by Crippen LogP contribution is 2.18. The molecule has 1 aliphatic rings. The Morgan fingerprint density at radius 3 is 2.64 bits per heavy atom. The van der Waals surface area contributed by atoms with Crippen molar-refractivity contribution in [3.8, 4) is 11.4 Å². The van der Waals surface area contributed by atoms with Crippen molar-refractivity contribution < 1.29 is 9.63 Å². The predicted octanol–water partition coefficient (Wildman–Crippen LogP) is 1.43. The molecule has 0 unspecified atom stereocenters. The van der Waals surface area contributed by atoms with Gasteiger partial charge in [0.15, 0.2) is 6.61 Å². The summed E-state index contributed by atoms with van der Waals surface area (Å²) < 4.78 is 0. The van der Waals surface area contributed by atoms with Gasteiger partial charge >= 0.3 is 0 Å². The third kappa shape index (κ3) is 3.36. The number of aromatic nitrogens is 4. The van der Waals surface area contributed by atoms with Gasteiger partial charge in [-0.1, -0.05) is 16.4 Å². The first-order valence-corrected chi connectivity index (χ1v) is 7.57. The SMILES string of the molecule is O=C(COn1nnnc1-c1ccc(Cl)cc1)N1CCCCC1. The van der Waals surface area contributed by atoms with E-state index in [0.29, 0.717) is 10.8 Å². The molecule has 0 spiro atoms. The fourth-order valence-corrected chi connectivity index (χ4v) is 2.51. The lowest BCUT2D eigenvalue weighted by Gasteiger charge is -2.26. The highest BCUT2D eigenvalue weighted by molar-refractivity contribution is 6.30. The van der Waals surface area contributed by atoms with Crippen LogP contribution in [0.3, 0.4) is 0 Å². The first-order valence-electron chi connectivity index (χ1n) is 7.19. The topological polar surface area (TPSA) is 73.1 Å². The second-order valence-corrected chi connectivity index (χ2v) is 5.53. The monoisotopic (exact) mass is 321 g/mol. The van der Waals surface area contributed by atoms with Gasteiger partial charge in [0.1, 0.15) is 0 Å². The van der Waals surface area contributed by atoms with Gasteiger partial charge in [-0.3, -0.25) is 4.79 Å². The number of hydrogen-bond acceptors (Lipinski definition) is 5. The van der Waals surface area contributed by atoms with Crippen LogP contribution in [0.5, 0.6) is 0 Å². The number of amides is 1. The number of nitrogens with zero attached hydrogens (tertiary/aromatic N) is 5. The van der Waals surface area contributed by atoms with Crippen LogP contribution in [0.2, 0.25) is 5.02 Å². The Morgan fingerprint density at radius 1 is 1.18 bits per heavy atom. The molecule has 0 N–H and O–H groups in total. The van der Waals surface area contributed by atoms with Crippen LogP contribution in [0.4, 0.5) is 0 Å². The number of likely N-dealkylation sites (tertiary alicyclic amines) is 1. The third-order valence-electron chi connectivity index (χ3n) is 3.56. The van der Waals surface area contributed by atoms with Gasteiger partial charge < -0.3 is 9.74 Å². The molecule has 1 amide bonds. The summed E-state index contributed by atoms with van der Waals surface area (Å²) in [4.78, 5) is 20.5. The second-order valence-electron chi connectivity index (χ2n) is 5.10. The zero-order valence-corrected chi connectivity index (χ0v) is 12.7. The molecule has 1 aromatic carbocycles. The van der Waals surface area contributed by atoms with Crippen molar-refractivity contribution in [3.63, 3.8) is 0 Å². The van der Waals surface area contributed by atoms with Crippen molar-refractivity contribution in [2.75, 3.05) is 19.7 Å². The Balaban J connectivity index is 1.65. The lowest BCUT2D eigenvalue weighted by Crippen LogP contribution is -2.40. The van der Waals surface area contributed by atoms with Crippen molar-refractivity contribution in [1.82, 2.24) is 25.3 Å². The summed E-state index contributed by atoms with van der Waals surface area (Å²) in [5.41, 5.74) is 0.764. The normalized spacial score (nSPS) is 14.9. The van der Waals surface area contributed by atoms with Crippen molar-refractivity contribution in [1.29, 1.82) is 0 Å². The number of hydrogen-bond donors (Lipinski definition) is 0. The molecule has 3 rings (SSSR count). The van der Waals surface area contributed by atoms with E-state index in [0.717, 1.165) is 31.5 Å². The third-order valence-corrected chi connectivity index (χ3v) is 3.82. The fraction of sp³-hybridized carbons (Fsp3) is 0.429. The molecule has 8 heteroatoms. The maximum atomic E-state index is 12.1.